The number of piperidine rings is 1. The molecule has 0 atom stereocenters. The molecule has 0 saturated carbocycles. The summed E-state index contributed by atoms with van der Waals surface area (Å²) in [5.74, 6) is 0.791. The Bertz CT molecular complexity index is 306. The zero-order chi connectivity index (χ0) is 11.8. The van der Waals surface area contributed by atoms with Gasteiger partial charge in [0.25, 0.3) is 0 Å². The van der Waals surface area contributed by atoms with Gasteiger partial charge in [0.1, 0.15) is 6.10 Å². The molecule has 2 rings (SSSR count). The molecule has 0 aliphatic carbocycles. The third-order valence-corrected chi connectivity index (χ3v) is 2.53. The topological polar surface area (TPSA) is 34.1 Å². The Morgan fingerprint density at radius 1 is 1.44 bits per heavy atom. The number of pyridine rings is 1. The molecule has 3 nitrogen and oxygen atoms in total. The van der Waals surface area contributed by atoms with E-state index in [1.165, 1.54) is 0 Å². The summed E-state index contributed by atoms with van der Waals surface area (Å²) in [5.41, 5.74) is 5.59. The second-order valence-corrected chi connectivity index (χ2v) is 3.69. The summed E-state index contributed by atoms with van der Waals surface area (Å²) in [6, 6.07) is 3.97. The maximum absolute atomic E-state index is 5.83. The molecule has 0 bridgehead atoms. The number of rotatable bonds is 2. The molecule has 1 N–H and O–H groups in total. The van der Waals surface area contributed by atoms with Crippen molar-refractivity contribution in [2.75, 3.05) is 13.1 Å². The van der Waals surface area contributed by atoms with E-state index in [9.17, 15) is 0 Å². The lowest BCUT2D eigenvalue weighted by Gasteiger charge is -2.23. The van der Waals surface area contributed by atoms with Crippen LogP contribution in [0.5, 0.6) is 5.88 Å². The van der Waals surface area contributed by atoms with Crippen molar-refractivity contribution in [2.45, 2.75) is 25.9 Å². The molecule has 2 radical (unpaired) electrons. The molecular weight excluding hydrogens is 314 g/mol. The average Bonchev–Trinajstić information content (AvgIpc) is 2.36. The lowest BCUT2D eigenvalue weighted by Crippen LogP contribution is -2.34. The molecule has 2 heterocycles. The highest BCUT2D eigenvalue weighted by atomic mass is 127. The summed E-state index contributed by atoms with van der Waals surface area (Å²) in [5, 5.41) is 3.31. The molecule has 0 aromatic carbocycles. The molecule has 16 heavy (non-hydrogen) atoms. The molecule has 1 fully saturated rings. The van der Waals surface area contributed by atoms with E-state index in [2.05, 4.69) is 16.0 Å². The highest BCUT2D eigenvalue weighted by molar-refractivity contribution is 14.1. The SMILES string of the molecule is Cc1cccnc1OC1CCNCC1.[B]I. The maximum atomic E-state index is 5.83. The maximum Gasteiger partial charge on any atom is 0.216 e. The Labute approximate surface area is 112 Å². The fraction of sp³-hybridized carbons (Fsp3) is 0.545. The number of nitrogens with zero attached hydrogens (tertiary/aromatic N) is 1. The molecule has 5 heteroatoms. The minimum atomic E-state index is 0.338. The van der Waals surface area contributed by atoms with Crippen molar-refractivity contribution in [3.8, 4) is 5.88 Å². The van der Waals surface area contributed by atoms with Gasteiger partial charge in [0.05, 0.1) is 0 Å². The van der Waals surface area contributed by atoms with E-state index in [1.54, 1.807) is 28.6 Å². The lowest BCUT2D eigenvalue weighted by molar-refractivity contribution is 0.155. The predicted octanol–water partition coefficient (Wildman–Crippen LogP) is 2.03. The molecule has 0 amide bonds. The Morgan fingerprint density at radius 3 is 2.75 bits per heavy atom. The fourth-order valence-corrected chi connectivity index (χ4v) is 1.67. The largest absolute Gasteiger partial charge is 0.474 e. The molecule has 1 aliphatic rings. The van der Waals surface area contributed by atoms with Gasteiger partial charge in [0, 0.05) is 11.8 Å². The molecule has 0 spiro atoms. The van der Waals surface area contributed by atoms with Crippen LogP contribution < -0.4 is 10.1 Å². The Hall–Kier alpha value is -0.295. The number of hydrogen-bond donors (Lipinski definition) is 1. The number of ether oxygens (including phenoxy) is 1. The highest BCUT2D eigenvalue weighted by Gasteiger charge is 2.15. The van der Waals surface area contributed by atoms with Crippen LogP contribution in [0.15, 0.2) is 18.3 Å². The number of aryl methyl sites for hydroxylation is 1. The first kappa shape index (κ1) is 13.8. The van der Waals surface area contributed by atoms with Gasteiger partial charge in [-0.1, -0.05) is 6.07 Å². The molecule has 1 aliphatic heterocycles. The smallest absolute Gasteiger partial charge is 0.216 e. The molecule has 0 unspecified atom stereocenters. The van der Waals surface area contributed by atoms with Gasteiger partial charge in [-0.05, 0) is 38.9 Å². The van der Waals surface area contributed by atoms with Gasteiger partial charge in [-0.3, -0.25) is 0 Å². The lowest BCUT2D eigenvalue weighted by atomic mass is 10.1. The molecular formula is C11H16BIN2O. The Balaban J connectivity index is 0.000000606. The van der Waals surface area contributed by atoms with Crippen molar-refractivity contribution in [2.24, 2.45) is 0 Å². The van der Waals surface area contributed by atoms with Gasteiger partial charge >= 0.3 is 0 Å². The van der Waals surface area contributed by atoms with Crippen LogP contribution in [-0.2, 0) is 0 Å². The number of aromatic nitrogens is 1. The van der Waals surface area contributed by atoms with Gasteiger partial charge in [0.2, 0.25) is 5.88 Å². The summed E-state index contributed by atoms with van der Waals surface area (Å²) >= 11 is 1.65. The van der Waals surface area contributed by atoms with E-state index >= 15 is 0 Å². The molecule has 1 saturated heterocycles. The first-order chi connectivity index (χ1) is 7.86. The van der Waals surface area contributed by atoms with Gasteiger partial charge < -0.3 is 10.1 Å². The van der Waals surface area contributed by atoms with Crippen LogP contribution in [0, 0.1) is 6.92 Å². The standard InChI is InChI=1S/C11H16N2O.BI/c1-9-3-2-6-13-11(9)14-10-4-7-12-8-5-10;1-2/h2-3,6,10,12H,4-5,7-8H2,1H3;. The minimum Gasteiger partial charge on any atom is -0.474 e. The zero-order valence-corrected chi connectivity index (χ0v) is 11.6. The van der Waals surface area contributed by atoms with Crippen molar-refractivity contribution < 1.29 is 4.74 Å². The van der Waals surface area contributed by atoms with Crippen molar-refractivity contribution >= 4 is 28.1 Å². The quantitative estimate of drug-likeness (QED) is 0.666. The fourth-order valence-electron chi connectivity index (χ4n) is 1.67. The second-order valence-electron chi connectivity index (χ2n) is 3.69. The highest BCUT2D eigenvalue weighted by Crippen LogP contribution is 2.17. The Morgan fingerprint density at radius 2 is 2.12 bits per heavy atom. The first-order valence-corrected chi connectivity index (χ1v) is 6.61. The summed E-state index contributed by atoms with van der Waals surface area (Å²) < 4.78 is 5.83. The van der Waals surface area contributed by atoms with E-state index < -0.39 is 0 Å². The number of halogens is 1. The van der Waals surface area contributed by atoms with E-state index in [0.717, 1.165) is 37.4 Å². The van der Waals surface area contributed by atoms with Crippen LogP contribution in [-0.4, -0.2) is 29.9 Å². The normalized spacial score (nSPS) is 16.1. The van der Waals surface area contributed by atoms with Crippen LogP contribution >= 0.6 is 22.4 Å². The van der Waals surface area contributed by atoms with Gasteiger partial charge in [-0.15, -0.1) is 0 Å². The third-order valence-electron chi connectivity index (χ3n) is 2.53. The van der Waals surface area contributed by atoms with Crippen molar-refractivity contribution in [3.05, 3.63) is 23.9 Å². The molecule has 86 valence electrons. The minimum absolute atomic E-state index is 0.338. The summed E-state index contributed by atoms with van der Waals surface area (Å²) in [6.45, 7) is 4.14. The van der Waals surface area contributed by atoms with Gasteiger partial charge in [-0.25, -0.2) is 4.98 Å². The monoisotopic (exact) mass is 330 g/mol. The number of hydrogen-bond acceptors (Lipinski definition) is 3. The van der Waals surface area contributed by atoms with E-state index in [1.807, 2.05) is 19.1 Å². The first-order valence-electron chi connectivity index (χ1n) is 5.37. The van der Waals surface area contributed by atoms with Crippen molar-refractivity contribution in [3.63, 3.8) is 0 Å². The van der Waals surface area contributed by atoms with E-state index in [4.69, 9.17) is 4.74 Å². The van der Waals surface area contributed by atoms with Crippen LogP contribution in [0.3, 0.4) is 0 Å². The van der Waals surface area contributed by atoms with Crippen molar-refractivity contribution in [1.82, 2.24) is 10.3 Å². The molecule has 1 aromatic heterocycles. The summed E-state index contributed by atoms with van der Waals surface area (Å²) in [7, 11) is 0. The molecule has 1 aromatic rings. The van der Waals surface area contributed by atoms with Crippen LogP contribution in [0.25, 0.3) is 0 Å². The van der Waals surface area contributed by atoms with Crippen LogP contribution in [0.1, 0.15) is 18.4 Å². The third kappa shape index (κ3) is 4.29. The number of nitrogens with one attached hydrogen (secondary N) is 1. The average molecular weight is 330 g/mol. The predicted molar refractivity (Wildman–Crippen MR) is 75.3 cm³/mol. The van der Waals surface area contributed by atoms with Gasteiger partial charge in [-0.2, -0.15) is 22.4 Å². The summed E-state index contributed by atoms with van der Waals surface area (Å²) in [4.78, 5) is 4.23. The Kier molecular flexibility index (Phi) is 6.79. The zero-order valence-electron chi connectivity index (χ0n) is 9.45. The second kappa shape index (κ2) is 7.89. The summed E-state index contributed by atoms with van der Waals surface area (Å²) in [6.07, 6.45) is 4.28. The van der Waals surface area contributed by atoms with Gasteiger partial charge in [0.15, 0.2) is 5.70 Å². The van der Waals surface area contributed by atoms with E-state index in [-0.39, 0.29) is 0 Å². The van der Waals surface area contributed by atoms with E-state index in [0.29, 0.717) is 6.10 Å². The van der Waals surface area contributed by atoms with Crippen molar-refractivity contribution in [1.29, 1.82) is 0 Å². The van der Waals surface area contributed by atoms with Crippen LogP contribution in [0.4, 0.5) is 0 Å². The van der Waals surface area contributed by atoms with Crippen LogP contribution in [0.2, 0.25) is 0 Å².